The molecule has 1 aliphatic heterocycles. The van der Waals surface area contributed by atoms with Crippen molar-refractivity contribution in [2.45, 2.75) is 6.54 Å². The predicted molar refractivity (Wildman–Crippen MR) is 143 cm³/mol. The van der Waals surface area contributed by atoms with Crippen LogP contribution in [0.15, 0.2) is 54.6 Å². The number of piperazine rings is 1. The molecule has 10 nitrogen and oxygen atoms in total. The van der Waals surface area contributed by atoms with Crippen molar-refractivity contribution in [3.8, 4) is 22.8 Å². The number of benzene rings is 2. The molecule has 1 fully saturated rings. The molecule has 1 aliphatic rings. The highest BCUT2D eigenvalue weighted by Gasteiger charge is 2.25. The molecule has 11 heteroatoms. The van der Waals surface area contributed by atoms with Gasteiger partial charge in [-0.15, -0.1) is 10.2 Å². The molecule has 2 amide bonds. The maximum Gasteiger partial charge on any atom is 0.249 e. The Labute approximate surface area is 226 Å². The molecule has 2 heterocycles. The van der Waals surface area contributed by atoms with Crippen LogP contribution in [0, 0.1) is 5.82 Å². The Bertz CT molecular complexity index is 1260. The summed E-state index contributed by atoms with van der Waals surface area (Å²) < 4.78 is 29.0. The lowest BCUT2D eigenvalue weighted by atomic mass is 10.1. The predicted octanol–water partition coefficient (Wildman–Crippen LogP) is 2.62. The topological polar surface area (TPSA) is 97.3 Å². The van der Waals surface area contributed by atoms with Gasteiger partial charge in [0.05, 0.1) is 19.9 Å². The Balaban J connectivity index is 1.36. The van der Waals surface area contributed by atoms with E-state index in [0.717, 1.165) is 11.1 Å². The number of amides is 2. The van der Waals surface area contributed by atoms with E-state index in [1.165, 1.54) is 24.1 Å². The largest absolute Gasteiger partial charge is 0.497 e. The van der Waals surface area contributed by atoms with Gasteiger partial charge in [-0.1, -0.05) is 12.1 Å². The van der Waals surface area contributed by atoms with Gasteiger partial charge in [0, 0.05) is 51.5 Å². The number of methoxy groups -OCH3 is 3. The van der Waals surface area contributed by atoms with Crippen LogP contribution in [-0.2, 0) is 20.9 Å². The second-order valence-electron chi connectivity index (χ2n) is 9.02. The molecule has 0 bridgehead atoms. The van der Waals surface area contributed by atoms with Crippen molar-refractivity contribution in [3.05, 3.63) is 66.0 Å². The lowest BCUT2D eigenvalue weighted by molar-refractivity contribution is -0.143. The van der Waals surface area contributed by atoms with Crippen molar-refractivity contribution < 1.29 is 28.2 Å². The first-order valence-electron chi connectivity index (χ1n) is 12.5. The SMILES string of the molecule is COCC(=O)N(CC(=O)N1CCN(c2ccc(-c3ccc(OC)cc3OC)nn2)CC1)Cc1ccc(F)cc1. The van der Waals surface area contributed by atoms with Crippen LogP contribution < -0.4 is 14.4 Å². The average Bonchev–Trinajstić information content (AvgIpc) is 2.97. The monoisotopic (exact) mass is 537 g/mol. The van der Waals surface area contributed by atoms with Gasteiger partial charge in [0.2, 0.25) is 11.8 Å². The smallest absolute Gasteiger partial charge is 0.249 e. The van der Waals surface area contributed by atoms with Crippen molar-refractivity contribution in [1.82, 2.24) is 20.0 Å². The molecule has 0 radical (unpaired) electrons. The lowest BCUT2D eigenvalue weighted by Gasteiger charge is -2.36. The van der Waals surface area contributed by atoms with E-state index in [1.807, 2.05) is 24.3 Å². The van der Waals surface area contributed by atoms with Crippen LogP contribution in [0.4, 0.5) is 10.2 Å². The zero-order chi connectivity index (χ0) is 27.8. The first-order valence-corrected chi connectivity index (χ1v) is 12.5. The molecule has 0 unspecified atom stereocenters. The molecule has 1 aromatic heterocycles. The van der Waals surface area contributed by atoms with E-state index in [4.69, 9.17) is 14.2 Å². The molecule has 39 heavy (non-hydrogen) atoms. The van der Waals surface area contributed by atoms with Crippen LogP contribution in [0.3, 0.4) is 0 Å². The number of aromatic nitrogens is 2. The summed E-state index contributed by atoms with van der Waals surface area (Å²) >= 11 is 0. The fourth-order valence-corrected chi connectivity index (χ4v) is 4.35. The summed E-state index contributed by atoms with van der Waals surface area (Å²) in [4.78, 5) is 30.9. The Kier molecular flexibility index (Phi) is 9.27. The van der Waals surface area contributed by atoms with E-state index in [0.29, 0.717) is 49.2 Å². The van der Waals surface area contributed by atoms with Gasteiger partial charge in [0.25, 0.3) is 0 Å². The highest BCUT2D eigenvalue weighted by molar-refractivity contribution is 5.85. The van der Waals surface area contributed by atoms with Crippen LogP contribution in [0.1, 0.15) is 5.56 Å². The van der Waals surface area contributed by atoms with Crippen molar-refractivity contribution >= 4 is 17.6 Å². The Morgan fingerprint density at radius 2 is 1.67 bits per heavy atom. The number of halogens is 1. The van der Waals surface area contributed by atoms with Crippen LogP contribution in [-0.4, -0.2) is 92.5 Å². The van der Waals surface area contributed by atoms with E-state index < -0.39 is 0 Å². The number of hydrogen-bond donors (Lipinski definition) is 0. The molecule has 0 N–H and O–H groups in total. The summed E-state index contributed by atoms with van der Waals surface area (Å²) in [7, 11) is 4.62. The number of hydrogen-bond acceptors (Lipinski definition) is 8. The molecule has 3 aromatic rings. The van der Waals surface area contributed by atoms with E-state index in [1.54, 1.807) is 37.3 Å². The third-order valence-electron chi connectivity index (χ3n) is 6.52. The maximum absolute atomic E-state index is 13.3. The summed E-state index contributed by atoms with van der Waals surface area (Å²) in [6, 6.07) is 15.2. The Morgan fingerprint density at radius 3 is 2.28 bits per heavy atom. The number of carbonyl (C=O) groups excluding carboxylic acids is 2. The molecule has 2 aromatic carbocycles. The quantitative estimate of drug-likeness (QED) is 0.390. The third kappa shape index (κ3) is 6.99. The number of anilines is 1. The molecular weight excluding hydrogens is 505 g/mol. The van der Waals surface area contributed by atoms with Crippen LogP contribution in [0.2, 0.25) is 0 Å². The standard InChI is InChI=1S/C28H32FN5O5/c1-37-19-28(36)34(17-20-4-6-21(29)7-5-20)18-27(35)33-14-12-32(13-15-33)26-11-10-24(30-31-26)23-9-8-22(38-2)16-25(23)39-3/h4-11,16H,12-15,17-19H2,1-3H3. The van der Waals surface area contributed by atoms with E-state index in [9.17, 15) is 14.0 Å². The van der Waals surface area contributed by atoms with Gasteiger partial charge in [-0.25, -0.2) is 4.39 Å². The molecule has 0 spiro atoms. The first kappa shape index (κ1) is 27.8. The molecule has 206 valence electrons. The molecule has 4 rings (SSSR count). The number of nitrogens with zero attached hydrogens (tertiary/aromatic N) is 5. The average molecular weight is 538 g/mol. The van der Waals surface area contributed by atoms with Gasteiger partial charge in [-0.05, 0) is 42.0 Å². The van der Waals surface area contributed by atoms with Crippen LogP contribution in [0.5, 0.6) is 11.5 Å². The lowest BCUT2D eigenvalue weighted by Crippen LogP contribution is -2.52. The number of carbonyl (C=O) groups is 2. The van der Waals surface area contributed by atoms with E-state index in [-0.39, 0.29) is 37.3 Å². The second-order valence-corrected chi connectivity index (χ2v) is 9.02. The summed E-state index contributed by atoms with van der Waals surface area (Å²) in [6.07, 6.45) is 0. The fraction of sp³-hybridized carbons (Fsp3) is 0.357. The van der Waals surface area contributed by atoms with Gasteiger partial charge < -0.3 is 28.9 Å². The zero-order valence-corrected chi connectivity index (χ0v) is 22.3. The summed E-state index contributed by atoms with van der Waals surface area (Å²) in [5.41, 5.74) is 2.21. The molecule has 1 saturated heterocycles. The Hall–Kier alpha value is -4.25. The second kappa shape index (κ2) is 13.0. The van der Waals surface area contributed by atoms with Gasteiger partial charge in [-0.2, -0.15) is 0 Å². The minimum atomic E-state index is -0.359. The van der Waals surface area contributed by atoms with Crippen molar-refractivity contribution in [2.75, 3.05) is 65.6 Å². The Morgan fingerprint density at radius 1 is 0.923 bits per heavy atom. The minimum absolute atomic E-state index is 0.0855. The zero-order valence-electron chi connectivity index (χ0n) is 22.3. The summed E-state index contributed by atoms with van der Waals surface area (Å²) in [6.45, 7) is 2.09. The molecule has 0 atom stereocenters. The number of ether oxygens (including phenoxy) is 3. The molecule has 0 aliphatic carbocycles. The normalized spacial score (nSPS) is 13.2. The van der Waals surface area contributed by atoms with Crippen molar-refractivity contribution in [1.29, 1.82) is 0 Å². The van der Waals surface area contributed by atoms with Gasteiger partial charge in [0.15, 0.2) is 5.82 Å². The van der Waals surface area contributed by atoms with Gasteiger partial charge >= 0.3 is 0 Å². The minimum Gasteiger partial charge on any atom is -0.497 e. The van der Waals surface area contributed by atoms with Crippen molar-refractivity contribution in [3.63, 3.8) is 0 Å². The van der Waals surface area contributed by atoms with Gasteiger partial charge in [0.1, 0.15) is 30.5 Å². The molecule has 0 saturated carbocycles. The van der Waals surface area contributed by atoms with Crippen molar-refractivity contribution in [2.24, 2.45) is 0 Å². The fourth-order valence-electron chi connectivity index (χ4n) is 4.35. The van der Waals surface area contributed by atoms with Crippen LogP contribution >= 0.6 is 0 Å². The molecular formula is C28H32FN5O5. The summed E-state index contributed by atoms with van der Waals surface area (Å²) in [5.74, 6) is 1.22. The van der Waals surface area contributed by atoms with E-state index in [2.05, 4.69) is 15.1 Å². The maximum atomic E-state index is 13.3. The van der Waals surface area contributed by atoms with Gasteiger partial charge in [-0.3, -0.25) is 9.59 Å². The number of rotatable bonds is 10. The third-order valence-corrected chi connectivity index (χ3v) is 6.52. The highest BCUT2D eigenvalue weighted by Crippen LogP contribution is 2.32. The highest BCUT2D eigenvalue weighted by atomic mass is 19.1. The van der Waals surface area contributed by atoms with Crippen LogP contribution in [0.25, 0.3) is 11.3 Å². The summed E-state index contributed by atoms with van der Waals surface area (Å²) in [5, 5.41) is 8.80. The van der Waals surface area contributed by atoms with E-state index >= 15 is 0 Å². The first-order chi connectivity index (χ1) is 18.9.